The highest BCUT2D eigenvalue weighted by Gasteiger charge is 2.13. The Kier molecular flexibility index (Phi) is 4.27. The van der Waals surface area contributed by atoms with E-state index in [1.165, 1.54) is 12.1 Å². The van der Waals surface area contributed by atoms with Crippen LogP contribution in [0.15, 0.2) is 42.5 Å². The topological polar surface area (TPSA) is 26.0 Å². The first-order valence-corrected chi connectivity index (χ1v) is 6.30. The maximum atomic E-state index is 13.2. The minimum Gasteiger partial charge on any atom is -0.330 e. The molecule has 0 radical (unpaired) electrons. The second kappa shape index (κ2) is 5.93. The molecule has 2 aromatic carbocycles. The number of nitrogens with two attached hydrogens (primary N) is 1. The van der Waals surface area contributed by atoms with Gasteiger partial charge >= 0.3 is 0 Å². The van der Waals surface area contributed by atoms with Crippen LogP contribution in [0.2, 0.25) is 0 Å². The molecule has 2 rings (SSSR count). The summed E-state index contributed by atoms with van der Waals surface area (Å²) in [6.07, 6.45) is 0.538. The molecule has 0 bridgehead atoms. The fourth-order valence-electron chi connectivity index (χ4n) is 2.38. The van der Waals surface area contributed by atoms with Gasteiger partial charge < -0.3 is 5.73 Å². The van der Waals surface area contributed by atoms with Gasteiger partial charge in [-0.25, -0.2) is 8.78 Å². The van der Waals surface area contributed by atoms with Crippen LogP contribution in [0.3, 0.4) is 0 Å². The first kappa shape index (κ1) is 13.7. The molecule has 3 heteroatoms. The van der Waals surface area contributed by atoms with E-state index in [-0.39, 0.29) is 5.92 Å². The number of benzene rings is 2. The molecule has 0 aliphatic carbocycles. The van der Waals surface area contributed by atoms with Crippen LogP contribution in [0, 0.1) is 18.6 Å². The van der Waals surface area contributed by atoms with Crippen molar-refractivity contribution in [2.75, 3.05) is 6.54 Å². The summed E-state index contributed by atoms with van der Waals surface area (Å²) in [6, 6.07) is 11.6. The van der Waals surface area contributed by atoms with Crippen LogP contribution in [0.1, 0.15) is 22.6 Å². The molecule has 1 atom stereocenters. The third-order valence-electron chi connectivity index (χ3n) is 3.32. The Labute approximate surface area is 112 Å². The van der Waals surface area contributed by atoms with E-state index >= 15 is 0 Å². The average Bonchev–Trinajstić information content (AvgIpc) is 2.36. The minimum atomic E-state index is -0.546. The van der Waals surface area contributed by atoms with Gasteiger partial charge in [0.05, 0.1) is 0 Å². The lowest BCUT2D eigenvalue weighted by Gasteiger charge is -2.17. The van der Waals surface area contributed by atoms with Gasteiger partial charge in [-0.3, -0.25) is 0 Å². The Morgan fingerprint density at radius 1 is 1.05 bits per heavy atom. The van der Waals surface area contributed by atoms with E-state index in [2.05, 4.69) is 0 Å². The molecule has 1 unspecified atom stereocenters. The summed E-state index contributed by atoms with van der Waals surface area (Å²) in [5.41, 5.74) is 8.73. The molecule has 0 amide bonds. The minimum absolute atomic E-state index is 0.0717. The zero-order valence-electron chi connectivity index (χ0n) is 10.9. The molecule has 0 aliphatic rings. The number of halogens is 2. The maximum absolute atomic E-state index is 13.2. The largest absolute Gasteiger partial charge is 0.330 e. The third kappa shape index (κ3) is 3.38. The molecule has 0 heterocycles. The standard InChI is InChI=1S/C16H17F2N/c1-11-4-2-3-5-16(11)13(10-19)6-12-7-14(17)9-15(18)8-12/h2-5,7-9,13H,6,10,19H2,1H3. The van der Waals surface area contributed by atoms with E-state index in [9.17, 15) is 8.78 Å². The molecule has 0 aromatic heterocycles. The highest BCUT2D eigenvalue weighted by Crippen LogP contribution is 2.23. The number of aryl methyl sites for hydroxylation is 1. The lowest BCUT2D eigenvalue weighted by Crippen LogP contribution is -2.16. The van der Waals surface area contributed by atoms with Crippen molar-refractivity contribution in [1.82, 2.24) is 0 Å². The molecule has 1 nitrogen and oxygen atoms in total. The molecule has 2 aromatic rings. The van der Waals surface area contributed by atoms with Gasteiger partial charge in [-0.05, 0) is 48.7 Å². The Morgan fingerprint density at radius 3 is 2.26 bits per heavy atom. The van der Waals surface area contributed by atoms with Crippen molar-refractivity contribution in [3.05, 3.63) is 70.8 Å². The molecule has 0 saturated heterocycles. The Morgan fingerprint density at radius 2 is 1.68 bits per heavy atom. The first-order valence-electron chi connectivity index (χ1n) is 6.30. The van der Waals surface area contributed by atoms with Gasteiger partial charge in [0.1, 0.15) is 11.6 Å². The van der Waals surface area contributed by atoms with Gasteiger partial charge in [-0.2, -0.15) is 0 Å². The molecular weight excluding hydrogens is 244 g/mol. The predicted molar refractivity (Wildman–Crippen MR) is 73.0 cm³/mol. The molecule has 0 fully saturated rings. The van der Waals surface area contributed by atoms with Gasteiger partial charge in [-0.1, -0.05) is 24.3 Å². The summed E-state index contributed by atoms with van der Waals surface area (Å²) < 4.78 is 26.4. The van der Waals surface area contributed by atoms with Crippen molar-refractivity contribution >= 4 is 0 Å². The van der Waals surface area contributed by atoms with E-state index in [0.717, 1.165) is 17.2 Å². The van der Waals surface area contributed by atoms with Crippen molar-refractivity contribution in [2.45, 2.75) is 19.3 Å². The summed E-state index contributed by atoms with van der Waals surface area (Å²) in [5.74, 6) is -1.02. The summed E-state index contributed by atoms with van der Waals surface area (Å²) in [6.45, 7) is 2.47. The highest BCUT2D eigenvalue weighted by molar-refractivity contribution is 5.31. The van der Waals surface area contributed by atoms with Crippen LogP contribution in [0.5, 0.6) is 0 Å². The second-order valence-electron chi connectivity index (χ2n) is 4.77. The van der Waals surface area contributed by atoms with Crippen LogP contribution < -0.4 is 5.73 Å². The highest BCUT2D eigenvalue weighted by atomic mass is 19.1. The lowest BCUT2D eigenvalue weighted by molar-refractivity contribution is 0.575. The maximum Gasteiger partial charge on any atom is 0.126 e. The SMILES string of the molecule is Cc1ccccc1C(CN)Cc1cc(F)cc(F)c1. The predicted octanol–water partition coefficient (Wildman–Crippen LogP) is 3.56. The van der Waals surface area contributed by atoms with E-state index in [4.69, 9.17) is 5.73 Å². The van der Waals surface area contributed by atoms with E-state index in [1.54, 1.807) is 0 Å². The Bertz CT molecular complexity index is 546. The lowest BCUT2D eigenvalue weighted by atomic mass is 9.89. The van der Waals surface area contributed by atoms with E-state index in [0.29, 0.717) is 18.5 Å². The molecule has 2 N–H and O–H groups in total. The van der Waals surface area contributed by atoms with Gasteiger partial charge in [0.15, 0.2) is 0 Å². The fraction of sp³-hybridized carbons (Fsp3) is 0.250. The van der Waals surface area contributed by atoms with Crippen molar-refractivity contribution < 1.29 is 8.78 Å². The van der Waals surface area contributed by atoms with Crippen molar-refractivity contribution in [2.24, 2.45) is 5.73 Å². The molecule has 0 spiro atoms. The third-order valence-corrected chi connectivity index (χ3v) is 3.32. The Balaban J connectivity index is 2.26. The van der Waals surface area contributed by atoms with E-state index in [1.807, 2.05) is 31.2 Å². The molecule has 0 aliphatic heterocycles. The van der Waals surface area contributed by atoms with Crippen molar-refractivity contribution in [3.8, 4) is 0 Å². The number of rotatable bonds is 4. The number of hydrogen-bond donors (Lipinski definition) is 1. The van der Waals surface area contributed by atoms with Gasteiger partial charge in [-0.15, -0.1) is 0 Å². The van der Waals surface area contributed by atoms with E-state index < -0.39 is 11.6 Å². The summed E-state index contributed by atoms with van der Waals surface area (Å²) in [4.78, 5) is 0. The van der Waals surface area contributed by atoms with Crippen LogP contribution in [-0.2, 0) is 6.42 Å². The van der Waals surface area contributed by atoms with Crippen LogP contribution >= 0.6 is 0 Å². The van der Waals surface area contributed by atoms with Crippen molar-refractivity contribution in [1.29, 1.82) is 0 Å². The molecule has 100 valence electrons. The van der Waals surface area contributed by atoms with Crippen LogP contribution in [-0.4, -0.2) is 6.54 Å². The fourth-order valence-corrected chi connectivity index (χ4v) is 2.38. The van der Waals surface area contributed by atoms with Gasteiger partial charge in [0.2, 0.25) is 0 Å². The summed E-state index contributed by atoms with van der Waals surface area (Å²) >= 11 is 0. The monoisotopic (exact) mass is 261 g/mol. The number of hydrogen-bond acceptors (Lipinski definition) is 1. The average molecular weight is 261 g/mol. The van der Waals surface area contributed by atoms with Crippen LogP contribution in [0.25, 0.3) is 0 Å². The summed E-state index contributed by atoms with van der Waals surface area (Å²) in [7, 11) is 0. The molecule has 0 saturated carbocycles. The quantitative estimate of drug-likeness (QED) is 0.894. The Hall–Kier alpha value is -1.74. The zero-order chi connectivity index (χ0) is 13.8. The van der Waals surface area contributed by atoms with Crippen molar-refractivity contribution in [3.63, 3.8) is 0 Å². The van der Waals surface area contributed by atoms with Crippen LogP contribution in [0.4, 0.5) is 8.78 Å². The van der Waals surface area contributed by atoms with Gasteiger partial charge in [0.25, 0.3) is 0 Å². The zero-order valence-corrected chi connectivity index (χ0v) is 10.9. The molecular formula is C16H17F2N. The van der Waals surface area contributed by atoms with Gasteiger partial charge in [0, 0.05) is 12.0 Å². The normalized spacial score (nSPS) is 12.4. The summed E-state index contributed by atoms with van der Waals surface area (Å²) in [5, 5.41) is 0. The second-order valence-corrected chi connectivity index (χ2v) is 4.77. The molecule has 19 heavy (non-hydrogen) atoms. The first-order chi connectivity index (χ1) is 9.10. The smallest absolute Gasteiger partial charge is 0.126 e.